The van der Waals surface area contributed by atoms with Crippen molar-refractivity contribution in [1.29, 1.82) is 0 Å². The molecule has 1 N–H and O–H groups in total. The van der Waals surface area contributed by atoms with Crippen LogP contribution in [-0.2, 0) is 9.53 Å². The molecule has 0 unspecified atom stereocenters. The molecule has 1 heterocycles. The van der Waals surface area contributed by atoms with Gasteiger partial charge >= 0.3 is 5.97 Å². The Morgan fingerprint density at radius 2 is 2.18 bits per heavy atom. The molecule has 1 amide bonds. The highest BCUT2D eigenvalue weighted by Crippen LogP contribution is 2.31. The van der Waals surface area contributed by atoms with E-state index < -0.39 is 17.2 Å². The van der Waals surface area contributed by atoms with Crippen molar-refractivity contribution in [2.45, 2.75) is 19.8 Å². The van der Waals surface area contributed by atoms with Gasteiger partial charge in [0.1, 0.15) is 11.2 Å². The van der Waals surface area contributed by atoms with Crippen LogP contribution in [0.2, 0.25) is 0 Å². The molecule has 1 aliphatic heterocycles. The number of aliphatic carboxylic acids is 1. The van der Waals surface area contributed by atoms with Crippen LogP contribution in [0.1, 0.15) is 28.8 Å². The van der Waals surface area contributed by atoms with Gasteiger partial charge in [-0.05, 0) is 43.5 Å². The number of amides is 1. The maximum Gasteiger partial charge on any atom is 0.313 e. The molecule has 1 saturated heterocycles. The zero-order chi connectivity index (χ0) is 16.3. The van der Waals surface area contributed by atoms with Crippen molar-refractivity contribution >= 4 is 11.9 Å². The molecule has 2 rings (SSSR count). The van der Waals surface area contributed by atoms with Gasteiger partial charge in [-0.15, -0.1) is 0 Å². The smallest absolute Gasteiger partial charge is 0.313 e. The molecular weight excluding hydrogens is 289 g/mol. The van der Waals surface area contributed by atoms with Gasteiger partial charge in [0.05, 0.1) is 6.61 Å². The van der Waals surface area contributed by atoms with Gasteiger partial charge < -0.3 is 14.7 Å². The van der Waals surface area contributed by atoms with Crippen LogP contribution >= 0.6 is 0 Å². The first-order valence-electron chi connectivity index (χ1n) is 7.17. The fourth-order valence-corrected chi connectivity index (χ4v) is 2.97. The van der Waals surface area contributed by atoms with Gasteiger partial charge in [0.15, 0.2) is 0 Å². The van der Waals surface area contributed by atoms with Crippen molar-refractivity contribution in [2.24, 2.45) is 5.41 Å². The number of halogens is 1. The molecular formula is C16H20FNO4. The topological polar surface area (TPSA) is 66.8 Å². The van der Waals surface area contributed by atoms with E-state index >= 15 is 0 Å². The van der Waals surface area contributed by atoms with Crippen LogP contribution in [0.25, 0.3) is 0 Å². The molecule has 5 nitrogen and oxygen atoms in total. The second-order valence-electron chi connectivity index (χ2n) is 5.81. The van der Waals surface area contributed by atoms with E-state index in [0.29, 0.717) is 30.5 Å². The first kappa shape index (κ1) is 16.4. The number of rotatable bonds is 4. The molecule has 0 spiro atoms. The fraction of sp³-hybridized carbons (Fsp3) is 0.500. The molecule has 22 heavy (non-hydrogen) atoms. The minimum Gasteiger partial charge on any atom is -0.481 e. The lowest BCUT2D eigenvalue weighted by atomic mass is 9.80. The number of carboxylic acid groups (broad SMARTS) is 1. The van der Waals surface area contributed by atoms with Crippen LogP contribution in [0, 0.1) is 18.2 Å². The molecule has 0 radical (unpaired) electrons. The molecule has 6 heteroatoms. The van der Waals surface area contributed by atoms with Crippen LogP contribution in [0.15, 0.2) is 18.2 Å². The van der Waals surface area contributed by atoms with Crippen LogP contribution in [0.5, 0.6) is 0 Å². The summed E-state index contributed by atoms with van der Waals surface area (Å²) in [6.07, 6.45) is 1.07. The fourth-order valence-electron chi connectivity index (χ4n) is 2.97. The zero-order valence-corrected chi connectivity index (χ0v) is 12.8. The van der Waals surface area contributed by atoms with Gasteiger partial charge in [-0.1, -0.05) is 0 Å². The Labute approximate surface area is 128 Å². The number of hydrogen-bond donors (Lipinski definition) is 1. The standard InChI is InChI=1S/C16H20FNO4/c1-11-8-12(17)4-5-13(11)14(19)18-7-3-6-16(9-18,10-22-2)15(20)21/h4-5,8H,3,6-7,9-10H2,1-2H3,(H,20,21)/t16-/m0/s1. The Morgan fingerprint density at radius 1 is 1.45 bits per heavy atom. The SMILES string of the molecule is COC[C@]1(C(=O)O)CCCN(C(=O)c2ccc(F)cc2C)C1. The monoisotopic (exact) mass is 309 g/mol. The van der Waals surface area contributed by atoms with Gasteiger partial charge in [0, 0.05) is 25.8 Å². The number of carbonyl (C=O) groups is 2. The van der Waals surface area contributed by atoms with Crippen LogP contribution in [0.3, 0.4) is 0 Å². The van der Waals surface area contributed by atoms with E-state index in [2.05, 4.69) is 0 Å². The van der Waals surface area contributed by atoms with Gasteiger partial charge in [-0.2, -0.15) is 0 Å². The Bertz CT molecular complexity index is 586. The van der Waals surface area contributed by atoms with Crippen LogP contribution in [-0.4, -0.2) is 48.7 Å². The van der Waals surface area contributed by atoms with Crippen molar-refractivity contribution < 1.29 is 23.8 Å². The quantitative estimate of drug-likeness (QED) is 0.925. The number of carboxylic acids is 1. The van der Waals surface area contributed by atoms with Crippen molar-refractivity contribution in [3.05, 3.63) is 35.1 Å². The number of carbonyl (C=O) groups excluding carboxylic acids is 1. The van der Waals surface area contributed by atoms with Crippen LogP contribution in [0.4, 0.5) is 4.39 Å². The number of piperidine rings is 1. The second-order valence-corrected chi connectivity index (χ2v) is 5.81. The molecule has 120 valence electrons. The molecule has 1 aliphatic rings. The molecule has 0 bridgehead atoms. The molecule has 0 saturated carbocycles. The third-order valence-corrected chi connectivity index (χ3v) is 4.16. The highest BCUT2D eigenvalue weighted by atomic mass is 19.1. The summed E-state index contributed by atoms with van der Waals surface area (Å²) in [4.78, 5) is 25.8. The lowest BCUT2D eigenvalue weighted by molar-refractivity contribution is -0.155. The van der Waals surface area contributed by atoms with Gasteiger partial charge in [0.25, 0.3) is 5.91 Å². The summed E-state index contributed by atoms with van der Waals surface area (Å²) < 4.78 is 18.2. The number of methoxy groups -OCH3 is 1. The maximum absolute atomic E-state index is 13.2. The average Bonchev–Trinajstić information content (AvgIpc) is 2.47. The molecule has 1 aromatic carbocycles. The molecule has 0 aromatic heterocycles. The second kappa shape index (κ2) is 6.44. The lowest BCUT2D eigenvalue weighted by Crippen LogP contribution is -2.52. The van der Waals surface area contributed by atoms with Gasteiger partial charge in [-0.3, -0.25) is 9.59 Å². The summed E-state index contributed by atoms with van der Waals surface area (Å²) in [7, 11) is 1.45. The minimum atomic E-state index is -1.07. The summed E-state index contributed by atoms with van der Waals surface area (Å²) in [5.74, 6) is -1.62. The van der Waals surface area contributed by atoms with E-state index in [1.54, 1.807) is 6.92 Å². The highest BCUT2D eigenvalue weighted by Gasteiger charge is 2.44. The van der Waals surface area contributed by atoms with E-state index in [-0.39, 0.29) is 19.1 Å². The van der Waals surface area contributed by atoms with E-state index in [1.807, 2.05) is 0 Å². The number of benzene rings is 1. The summed E-state index contributed by atoms with van der Waals surface area (Å²) in [5, 5.41) is 9.51. The Hall–Kier alpha value is -1.95. The largest absolute Gasteiger partial charge is 0.481 e. The van der Waals surface area contributed by atoms with E-state index in [4.69, 9.17) is 4.74 Å². The van der Waals surface area contributed by atoms with Crippen LogP contribution < -0.4 is 0 Å². The average molecular weight is 309 g/mol. The number of aryl methyl sites for hydroxylation is 1. The van der Waals surface area contributed by atoms with Crippen molar-refractivity contribution in [3.8, 4) is 0 Å². The summed E-state index contributed by atoms with van der Waals surface area (Å²) >= 11 is 0. The number of nitrogens with zero attached hydrogens (tertiary/aromatic N) is 1. The van der Waals surface area contributed by atoms with E-state index in [1.165, 1.54) is 30.2 Å². The molecule has 1 atom stereocenters. The minimum absolute atomic E-state index is 0.0640. The van der Waals surface area contributed by atoms with Gasteiger partial charge in [-0.25, -0.2) is 4.39 Å². The van der Waals surface area contributed by atoms with Crippen molar-refractivity contribution in [2.75, 3.05) is 26.8 Å². The van der Waals surface area contributed by atoms with E-state index in [0.717, 1.165) is 0 Å². The van der Waals surface area contributed by atoms with Crippen molar-refractivity contribution in [1.82, 2.24) is 4.90 Å². The highest BCUT2D eigenvalue weighted by molar-refractivity contribution is 5.96. The summed E-state index contributed by atoms with van der Waals surface area (Å²) in [5.41, 5.74) is -0.125. The number of ether oxygens (including phenoxy) is 1. The van der Waals surface area contributed by atoms with E-state index in [9.17, 15) is 19.1 Å². The molecule has 1 fully saturated rings. The summed E-state index contributed by atoms with van der Waals surface area (Å²) in [6.45, 7) is 2.33. The predicted molar refractivity (Wildman–Crippen MR) is 78.2 cm³/mol. The normalized spacial score (nSPS) is 21.7. The Kier molecular flexibility index (Phi) is 4.81. The third-order valence-electron chi connectivity index (χ3n) is 4.16. The summed E-state index contributed by atoms with van der Waals surface area (Å²) in [6, 6.07) is 3.99. The lowest BCUT2D eigenvalue weighted by Gasteiger charge is -2.39. The maximum atomic E-state index is 13.2. The first-order chi connectivity index (χ1) is 10.4. The zero-order valence-electron chi connectivity index (χ0n) is 12.8. The Balaban J connectivity index is 2.24. The molecule has 0 aliphatic carbocycles. The van der Waals surface area contributed by atoms with Crippen molar-refractivity contribution in [3.63, 3.8) is 0 Å². The Morgan fingerprint density at radius 3 is 2.77 bits per heavy atom. The molecule has 1 aromatic rings. The predicted octanol–water partition coefficient (Wildman–Crippen LogP) is 2.09. The first-order valence-corrected chi connectivity index (χ1v) is 7.17. The number of likely N-dealkylation sites (tertiary alicyclic amines) is 1. The number of hydrogen-bond acceptors (Lipinski definition) is 3. The third kappa shape index (κ3) is 3.11. The van der Waals surface area contributed by atoms with Gasteiger partial charge in [0.2, 0.25) is 0 Å².